The fourth-order valence-electron chi connectivity index (χ4n) is 4.58. The number of hydrogen-bond acceptors (Lipinski definition) is 4. The second-order valence-corrected chi connectivity index (χ2v) is 7.81. The molecule has 2 aromatic rings. The highest BCUT2D eigenvalue weighted by atomic mass is 16.3. The van der Waals surface area contributed by atoms with Crippen molar-refractivity contribution in [2.45, 2.75) is 37.8 Å². The number of carbonyl (C=O) groups excluding carboxylic acids is 1. The number of piperidine rings is 1. The molecule has 142 valence electrons. The van der Waals surface area contributed by atoms with Gasteiger partial charge in [-0.1, -0.05) is 24.3 Å². The maximum atomic E-state index is 12.8. The number of anilines is 1. The molecule has 0 spiro atoms. The van der Waals surface area contributed by atoms with E-state index >= 15 is 0 Å². The average molecular weight is 363 g/mol. The van der Waals surface area contributed by atoms with Crippen LogP contribution in [0, 0.1) is 5.92 Å². The van der Waals surface area contributed by atoms with Crippen molar-refractivity contribution >= 4 is 11.5 Å². The first-order valence-corrected chi connectivity index (χ1v) is 9.96. The molecular weight excluding hydrogens is 335 g/mol. The Labute approximate surface area is 161 Å². The predicted molar refractivity (Wildman–Crippen MR) is 108 cm³/mol. The Balaban J connectivity index is 1.38. The van der Waals surface area contributed by atoms with Crippen LogP contribution in [0.1, 0.15) is 34.3 Å². The molecule has 1 aliphatic heterocycles. The Bertz CT molecular complexity index is 794. The molecule has 1 heterocycles. The van der Waals surface area contributed by atoms with E-state index < -0.39 is 0 Å². The number of ketones is 1. The highest BCUT2D eigenvalue weighted by molar-refractivity contribution is 5.98. The first-order valence-electron chi connectivity index (χ1n) is 9.96. The minimum atomic E-state index is -0.318. The fourth-order valence-corrected chi connectivity index (χ4v) is 4.58. The van der Waals surface area contributed by atoms with Gasteiger partial charge in [-0.05, 0) is 67.7 Å². The number of rotatable bonds is 4. The van der Waals surface area contributed by atoms with Crippen LogP contribution in [0.25, 0.3) is 0 Å². The summed E-state index contributed by atoms with van der Waals surface area (Å²) in [6.07, 6.45) is 3.06. The predicted octanol–water partition coefficient (Wildman–Crippen LogP) is 3.15. The summed E-state index contributed by atoms with van der Waals surface area (Å²) < 4.78 is 0. The summed E-state index contributed by atoms with van der Waals surface area (Å²) in [5.74, 6) is 0.349. The number of aliphatic hydroxyl groups excluding tert-OH is 1. The second-order valence-electron chi connectivity index (χ2n) is 7.81. The van der Waals surface area contributed by atoms with Gasteiger partial charge in [-0.25, -0.2) is 0 Å². The minimum Gasteiger partial charge on any atom is -0.391 e. The quantitative estimate of drug-likeness (QED) is 0.820. The van der Waals surface area contributed by atoms with Gasteiger partial charge in [-0.2, -0.15) is 0 Å². The highest BCUT2D eigenvalue weighted by Crippen LogP contribution is 2.29. The van der Waals surface area contributed by atoms with E-state index in [2.05, 4.69) is 28.4 Å². The van der Waals surface area contributed by atoms with Crippen molar-refractivity contribution in [2.75, 3.05) is 25.5 Å². The summed E-state index contributed by atoms with van der Waals surface area (Å²) >= 11 is 0. The van der Waals surface area contributed by atoms with Crippen molar-refractivity contribution in [3.63, 3.8) is 0 Å². The molecular formula is C23H28N2O2. The zero-order chi connectivity index (χ0) is 18.8. The summed E-state index contributed by atoms with van der Waals surface area (Å²) in [4.78, 5) is 15.2. The van der Waals surface area contributed by atoms with Gasteiger partial charge in [0.2, 0.25) is 0 Å². The van der Waals surface area contributed by atoms with Crippen LogP contribution in [0.2, 0.25) is 0 Å². The second kappa shape index (κ2) is 7.83. The maximum Gasteiger partial charge on any atom is 0.166 e. The topological polar surface area (TPSA) is 52.6 Å². The van der Waals surface area contributed by atoms with Gasteiger partial charge in [0.15, 0.2) is 5.78 Å². The number of nitrogens with one attached hydrogen (secondary N) is 1. The maximum absolute atomic E-state index is 12.8. The van der Waals surface area contributed by atoms with Crippen LogP contribution in [0.4, 0.5) is 5.69 Å². The van der Waals surface area contributed by atoms with Crippen molar-refractivity contribution in [1.29, 1.82) is 0 Å². The molecule has 4 nitrogen and oxygen atoms in total. The number of fused-ring (bicyclic) bond motifs is 1. The molecule has 1 fully saturated rings. The van der Waals surface area contributed by atoms with Crippen LogP contribution in [-0.2, 0) is 12.8 Å². The van der Waals surface area contributed by atoms with Gasteiger partial charge in [-0.15, -0.1) is 0 Å². The SMILES string of the molecule is [11CH3]Nc1ccc(C(=O)C2CCN([C@H]3Cc4ccccc4C[C@@H]3O)CC2)cc1. The molecule has 2 atom stereocenters. The molecule has 0 radical (unpaired) electrons. The minimum absolute atomic E-state index is 0.0923. The molecule has 2 aliphatic rings. The Morgan fingerprint density at radius 2 is 1.63 bits per heavy atom. The van der Waals surface area contributed by atoms with Gasteiger partial charge < -0.3 is 10.4 Å². The molecule has 2 aromatic carbocycles. The number of likely N-dealkylation sites (tertiary alicyclic amines) is 1. The Kier molecular flexibility index (Phi) is 5.28. The van der Waals surface area contributed by atoms with Crippen molar-refractivity contribution in [3.8, 4) is 0 Å². The lowest BCUT2D eigenvalue weighted by Gasteiger charge is -2.41. The third-order valence-electron chi connectivity index (χ3n) is 6.25. The lowest BCUT2D eigenvalue weighted by atomic mass is 9.83. The molecule has 0 amide bonds. The first-order chi connectivity index (χ1) is 13.2. The number of nitrogens with zero attached hydrogens (tertiary/aromatic N) is 1. The average Bonchev–Trinajstić information content (AvgIpc) is 2.73. The van der Waals surface area contributed by atoms with Crippen molar-refractivity contribution in [1.82, 2.24) is 4.90 Å². The van der Waals surface area contributed by atoms with E-state index in [0.717, 1.165) is 50.0 Å². The standard InChI is InChI=1S/C23H28N2O2/c1-24-20-8-6-16(7-9-20)23(27)17-10-12-25(13-11-17)21-14-18-4-2-3-5-19(18)15-22(21)26/h2-9,17,21-22,24,26H,10-15H2,1H3/t21-,22-/m0/s1/i1-1. The largest absolute Gasteiger partial charge is 0.391 e. The molecule has 0 aromatic heterocycles. The summed E-state index contributed by atoms with van der Waals surface area (Å²) in [6.45, 7) is 1.77. The Morgan fingerprint density at radius 1 is 1.00 bits per heavy atom. The zero-order valence-electron chi connectivity index (χ0n) is 15.9. The fraction of sp³-hybridized carbons (Fsp3) is 0.435. The zero-order valence-corrected chi connectivity index (χ0v) is 15.9. The van der Waals surface area contributed by atoms with Crippen molar-refractivity contribution in [3.05, 3.63) is 65.2 Å². The van der Waals surface area contributed by atoms with Crippen LogP contribution < -0.4 is 5.32 Å². The number of Topliss-reactive ketones (excluding diaryl/α,β-unsaturated/α-hetero) is 1. The highest BCUT2D eigenvalue weighted by Gasteiger charge is 2.35. The molecule has 1 saturated heterocycles. The van der Waals surface area contributed by atoms with Gasteiger partial charge in [0, 0.05) is 36.7 Å². The smallest absolute Gasteiger partial charge is 0.166 e. The Morgan fingerprint density at radius 3 is 2.26 bits per heavy atom. The number of hydrogen-bond donors (Lipinski definition) is 2. The van der Waals surface area contributed by atoms with E-state index in [0.29, 0.717) is 0 Å². The molecule has 0 bridgehead atoms. The molecule has 0 unspecified atom stereocenters. The van der Waals surface area contributed by atoms with Crippen LogP contribution in [0.3, 0.4) is 0 Å². The summed E-state index contributed by atoms with van der Waals surface area (Å²) in [6, 6.07) is 16.4. The molecule has 0 saturated carbocycles. The number of carbonyl (C=O) groups is 1. The molecule has 2 N–H and O–H groups in total. The van der Waals surface area contributed by atoms with Crippen molar-refractivity contribution < 1.29 is 9.90 Å². The molecule has 4 heteroatoms. The van der Waals surface area contributed by atoms with E-state index in [9.17, 15) is 9.90 Å². The van der Waals surface area contributed by atoms with E-state index in [1.54, 1.807) is 0 Å². The van der Waals surface area contributed by atoms with Crippen LogP contribution >= 0.6 is 0 Å². The van der Waals surface area contributed by atoms with E-state index in [-0.39, 0.29) is 23.8 Å². The molecule has 1 aliphatic carbocycles. The lowest BCUT2D eigenvalue weighted by molar-refractivity contribution is 0.0239. The summed E-state index contributed by atoms with van der Waals surface area (Å²) in [7, 11) is 1.88. The molecule has 4 rings (SSSR count). The van der Waals surface area contributed by atoms with Crippen LogP contribution in [-0.4, -0.2) is 48.1 Å². The van der Waals surface area contributed by atoms with Crippen molar-refractivity contribution in [2.24, 2.45) is 5.92 Å². The third kappa shape index (κ3) is 3.78. The summed E-state index contributed by atoms with van der Waals surface area (Å²) in [5, 5.41) is 13.7. The van der Waals surface area contributed by atoms with E-state index in [4.69, 9.17) is 0 Å². The van der Waals surface area contributed by atoms with Crippen LogP contribution in [0.15, 0.2) is 48.5 Å². The monoisotopic (exact) mass is 363 g/mol. The summed E-state index contributed by atoms with van der Waals surface area (Å²) in [5.41, 5.74) is 4.46. The molecule has 27 heavy (non-hydrogen) atoms. The van der Waals surface area contributed by atoms with Gasteiger partial charge in [0.05, 0.1) is 6.10 Å². The number of aliphatic hydroxyl groups is 1. The first kappa shape index (κ1) is 18.2. The van der Waals surface area contributed by atoms with E-state index in [1.807, 2.05) is 37.4 Å². The normalized spacial score (nSPS) is 23.6. The number of benzene rings is 2. The van der Waals surface area contributed by atoms with Gasteiger partial charge in [0.25, 0.3) is 0 Å². The third-order valence-corrected chi connectivity index (χ3v) is 6.25. The van der Waals surface area contributed by atoms with Gasteiger partial charge in [0.1, 0.15) is 0 Å². The van der Waals surface area contributed by atoms with Crippen LogP contribution in [0.5, 0.6) is 0 Å². The Hall–Kier alpha value is -2.17. The van der Waals surface area contributed by atoms with Gasteiger partial charge >= 0.3 is 0 Å². The lowest BCUT2D eigenvalue weighted by Crippen LogP contribution is -2.51. The van der Waals surface area contributed by atoms with E-state index in [1.165, 1.54) is 11.1 Å². The van der Waals surface area contributed by atoms with Gasteiger partial charge in [-0.3, -0.25) is 9.69 Å².